The fourth-order valence-electron chi connectivity index (χ4n) is 3.50. The number of aromatic nitrogens is 2. The first-order chi connectivity index (χ1) is 15.5. The summed E-state index contributed by atoms with van der Waals surface area (Å²) in [5.41, 5.74) is 6.00. The van der Waals surface area contributed by atoms with Gasteiger partial charge < -0.3 is 31.4 Å². The number of hydrogen-bond donors (Lipinski definition) is 5. The average molecular weight is 465 g/mol. The van der Waals surface area contributed by atoms with Crippen molar-refractivity contribution in [3.05, 3.63) is 18.2 Å². The van der Waals surface area contributed by atoms with E-state index in [1.165, 1.54) is 24.5 Å². The lowest BCUT2D eigenvalue weighted by Gasteiger charge is -2.31. The molecule has 3 rings (SSSR count). The number of amides is 6. The highest BCUT2D eigenvalue weighted by atomic mass is 16.4. The van der Waals surface area contributed by atoms with Crippen LogP contribution in [0.3, 0.4) is 0 Å². The normalized spacial score (nSPS) is 20.9. The molecule has 0 bridgehead atoms. The fourth-order valence-corrected chi connectivity index (χ4v) is 3.50. The second-order valence-electron chi connectivity index (χ2n) is 7.61. The first kappa shape index (κ1) is 25.3. The molecule has 2 saturated heterocycles. The van der Waals surface area contributed by atoms with Crippen molar-refractivity contribution in [3.8, 4) is 0 Å². The lowest BCUT2D eigenvalue weighted by Crippen LogP contribution is -2.61. The second kappa shape index (κ2) is 11.1. The second-order valence-corrected chi connectivity index (χ2v) is 7.61. The summed E-state index contributed by atoms with van der Waals surface area (Å²) in [6.07, 6.45) is 3.93. The largest absolute Gasteiger partial charge is 0.481 e. The van der Waals surface area contributed by atoms with E-state index in [1.54, 1.807) is 0 Å². The van der Waals surface area contributed by atoms with Gasteiger partial charge in [0.2, 0.25) is 23.6 Å². The molecule has 2 fully saturated rings. The first-order valence-electron chi connectivity index (χ1n) is 10.1. The molecule has 14 heteroatoms. The number of urea groups is 1. The molecule has 0 radical (unpaired) electrons. The summed E-state index contributed by atoms with van der Waals surface area (Å²) < 4.78 is 0. The molecule has 0 unspecified atom stereocenters. The average Bonchev–Trinajstić information content (AvgIpc) is 3.42. The number of H-pyrrole nitrogens is 1. The van der Waals surface area contributed by atoms with Crippen LogP contribution in [-0.4, -0.2) is 92.2 Å². The van der Waals surface area contributed by atoms with Gasteiger partial charge in [-0.3, -0.25) is 28.9 Å². The maximum atomic E-state index is 13.1. The number of nitrogens with one attached hydrogen (secondary N) is 3. The number of primary amides is 1. The number of imide groups is 1. The molecule has 0 aliphatic carbocycles. The van der Waals surface area contributed by atoms with Crippen molar-refractivity contribution >= 4 is 35.6 Å². The molecular formula is C19H27N7O7. The Morgan fingerprint density at radius 1 is 1.33 bits per heavy atom. The minimum Gasteiger partial charge on any atom is -0.481 e. The SMILES string of the molecule is CC(=O)O.CN1C(=O)C[C@@H](C(=O)N[C@@H](Cc2cnc[nH]2)C(=O)N2CCC[C@H]2C(N)=O)NC1=O. The van der Waals surface area contributed by atoms with Crippen LogP contribution in [-0.2, 0) is 30.4 Å². The van der Waals surface area contributed by atoms with Gasteiger partial charge in [0.05, 0.1) is 12.7 Å². The zero-order chi connectivity index (χ0) is 24.7. The van der Waals surface area contributed by atoms with Crippen LogP contribution in [0.2, 0.25) is 0 Å². The summed E-state index contributed by atoms with van der Waals surface area (Å²) in [4.78, 5) is 79.1. The number of aliphatic carboxylic acids is 1. The number of aromatic amines is 1. The molecule has 6 amide bonds. The molecule has 33 heavy (non-hydrogen) atoms. The molecule has 180 valence electrons. The number of imidazole rings is 1. The zero-order valence-corrected chi connectivity index (χ0v) is 18.2. The monoisotopic (exact) mass is 465 g/mol. The van der Waals surface area contributed by atoms with Gasteiger partial charge in [-0.1, -0.05) is 0 Å². The van der Waals surface area contributed by atoms with Crippen LogP contribution < -0.4 is 16.4 Å². The summed E-state index contributed by atoms with van der Waals surface area (Å²) in [5.74, 6) is -3.05. The third kappa shape index (κ3) is 6.75. The third-order valence-electron chi connectivity index (χ3n) is 5.13. The van der Waals surface area contributed by atoms with Crippen molar-refractivity contribution in [2.45, 2.75) is 50.7 Å². The van der Waals surface area contributed by atoms with Gasteiger partial charge in [0.25, 0.3) is 5.97 Å². The Balaban J connectivity index is 0.000000890. The summed E-state index contributed by atoms with van der Waals surface area (Å²) in [7, 11) is 1.31. The van der Waals surface area contributed by atoms with E-state index in [9.17, 15) is 24.0 Å². The van der Waals surface area contributed by atoms with Gasteiger partial charge in [0.1, 0.15) is 18.1 Å². The molecule has 0 spiro atoms. The van der Waals surface area contributed by atoms with Crippen LogP contribution in [0.25, 0.3) is 0 Å². The van der Waals surface area contributed by atoms with Crippen LogP contribution in [0, 0.1) is 0 Å². The lowest BCUT2D eigenvalue weighted by molar-refractivity contribution is -0.141. The summed E-state index contributed by atoms with van der Waals surface area (Å²) in [6, 6.07) is -3.53. The van der Waals surface area contributed by atoms with E-state index in [-0.39, 0.29) is 12.8 Å². The van der Waals surface area contributed by atoms with Crippen molar-refractivity contribution in [1.29, 1.82) is 0 Å². The lowest BCUT2D eigenvalue weighted by atomic mass is 10.1. The van der Waals surface area contributed by atoms with Crippen molar-refractivity contribution < 1.29 is 33.9 Å². The molecule has 0 aromatic carbocycles. The van der Waals surface area contributed by atoms with E-state index in [0.717, 1.165) is 11.8 Å². The molecule has 1 aromatic heterocycles. The topological polar surface area (TPSA) is 208 Å². The summed E-state index contributed by atoms with van der Waals surface area (Å²) in [6.45, 7) is 1.44. The molecule has 6 N–H and O–H groups in total. The number of carbonyl (C=O) groups excluding carboxylic acids is 5. The number of carboxylic acid groups (broad SMARTS) is 1. The third-order valence-corrected chi connectivity index (χ3v) is 5.13. The Labute approximate surface area is 188 Å². The Hall–Kier alpha value is -3.97. The van der Waals surface area contributed by atoms with E-state index in [4.69, 9.17) is 15.6 Å². The maximum absolute atomic E-state index is 13.1. The van der Waals surface area contributed by atoms with Gasteiger partial charge >= 0.3 is 6.03 Å². The molecule has 1 aromatic rings. The molecule has 0 saturated carbocycles. The van der Waals surface area contributed by atoms with Crippen molar-refractivity contribution in [1.82, 2.24) is 30.4 Å². The number of likely N-dealkylation sites (tertiary alicyclic amines) is 1. The van der Waals surface area contributed by atoms with Gasteiger partial charge in [-0.15, -0.1) is 0 Å². The predicted molar refractivity (Wildman–Crippen MR) is 111 cm³/mol. The van der Waals surface area contributed by atoms with Crippen LogP contribution in [0.4, 0.5) is 4.79 Å². The van der Waals surface area contributed by atoms with Crippen LogP contribution in [0.5, 0.6) is 0 Å². The first-order valence-corrected chi connectivity index (χ1v) is 10.1. The molecular weight excluding hydrogens is 438 g/mol. The number of carboxylic acids is 1. The highest BCUT2D eigenvalue weighted by molar-refractivity contribution is 6.03. The Kier molecular flexibility index (Phi) is 8.48. The van der Waals surface area contributed by atoms with Gasteiger partial charge in [0.15, 0.2) is 0 Å². The van der Waals surface area contributed by atoms with Gasteiger partial charge in [-0.2, -0.15) is 0 Å². The quantitative estimate of drug-likeness (QED) is 0.315. The van der Waals surface area contributed by atoms with Crippen LogP contribution in [0.15, 0.2) is 12.5 Å². The zero-order valence-electron chi connectivity index (χ0n) is 18.2. The minimum atomic E-state index is -1.09. The van der Waals surface area contributed by atoms with E-state index >= 15 is 0 Å². The molecule has 3 atom stereocenters. The number of nitrogens with two attached hydrogens (primary N) is 1. The number of rotatable bonds is 6. The van der Waals surface area contributed by atoms with Crippen molar-refractivity contribution in [2.24, 2.45) is 5.73 Å². The molecule has 14 nitrogen and oxygen atoms in total. The van der Waals surface area contributed by atoms with Gasteiger partial charge in [-0.25, -0.2) is 9.78 Å². The number of hydrogen-bond acceptors (Lipinski definition) is 7. The van der Waals surface area contributed by atoms with Gasteiger partial charge in [-0.05, 0) is 12.8 Å². The molecule has 2 aliphatic rings. The predicted octanol–water partition coefficient (Wildman–Crippen LogP) is -2.06. The maximum Gasteiger partial charge on any atom is 0.324 e. The van der Waals surface area contributed by atoms with Crippen molar-refractivity contribution in [3.63, 3.8) is 0 Å². The Bertz CT molecular complexity index is 896. The Morgan fingerprint density at radius 3 is 2.55 bits per heavy atom. The highest BCUT2D eigenvalue weighted by Crippen LogP contribution is 2.19. The summed E-state index contributed by atoms with van der Waals surface area (Å²) >= 11 is 0. The number of carbonyl (C=O) groups is 6. The van der Waals surface area contributed by atoms with Crippen LogP contribution >= 0.6 is 0 Å². The fraction of sp³-hybridized carbons (Fsp3) is 0.526. The molecule has 2 aliphatic heterocycles. The van der Waals surface area contributed by atoms with E-state index in [0.29, 0.717) is 25.1 Å². The summed E-state index contributed by atoms with van der Waals surface area (Å²) in [5, 5.41) is 12.4. The van der Waals surface area contributed by atoms with E-state index < -0.39 is 53.8 Å². The Morgan fingerprint density at radius 2 is 2.00 bits per heavy atom. The smallest absolute Gasteiger partial charge is 0.324 e. The van der Waals surface area contributed by atoms with Crippen LogP contribution in [0.1, 0.15) is 31.9 Å². The van der Waals surface area contributed by atoms with E-state index in [2.05, 4.69) is 20.6 Å². The highest BCUT2D eigenvalue weighted by Gasteiger charge is 2.39. The van der Waals surface area contributed by atoms with E-state index in [1.807, 2.05) is 0 Å². The minimum absolute atomic E-state index is 0.0983. The van der Waals surface area contributed by atoms with Gasteiger partial charge in [0, 0.05) is 38.8 Å². The standard InChI is InChI=1S/C17H23N7O5.C2H4O2/c1-23-13(25)6-10(22-17(23)29)15(27)21-11(5-9-7-19-8-20-9)16(28)24-4-2-3-12(24)14(18)26;1-2(3)4/h7-8,10-12H,2-6H2,1H3,(H2,18,26)(H,19,20)(H,21,27)(H,22,29);1H3,(H,3,4)/t10-,11-,12-;/m0./s1. The van der Waals surface area contributed by atoms with Crippen molar-refractivity contribution in [2.75, 3.05) is 13.6 Å². The number of nitrogens with zero attached hydrogens (tertiary/aromatic N) is 3. The molecule has 3 heterocycles.